The van der Waals surface area contributed by atoms with E-state index in [9.17, 15) is 19.0 Å². The first-order valence-electron chi connectivity index (χ1n) is 7.00. The van der Waals surface area contributed by atoms with E-state index in [2.05, 4.69) is 4.72 Å². The lowest BCUT2D eigenvalue weighted by Crippen LogP contribution is -2.30. The van der Waals surface area contributed by atoms with Crippen molar-refractivity contribution in [3.05, 3.63) is 42.0 Å². The molecule has 22 heavy (non-hydrogen) atoms. The van der Waals surface area contributed by atoms with Crippen LogP contribution in [0.15, 0.2) is 41.3 Å². The van der Waals surface area contributed by atoms with Crippen LogP contribution in [-0.2, 0) is 14.6 Å². The van der Waals surface area contributed by atoms with Crippen LogP contribution < -0.4 is 4.72 Å². The zero-order valence-corrected chi connectivity index (χ0v) is 13.4. The summed E-state index contributed by atoms with van der Waals surface area (Å²) >= 11 is 0. The lowest BCUT2D eigenvalue weighted by Gasteiger charge is -2.11. The Labute approximate surface area is 131 Å². The highest BCUT2D eigenvalue weighted by Gasteiger charge is 2.29. The summed E-state index contributed by atoms with van der Waals surface area (Å²) in [6.45, 7) is 4.11. The summed E-state index contributed by atoms with van der Waals surface area (Å²) in [7, 11) is -3.39. The summed E-state index contributed by atoms with van der Waals surface area (Å²) in [4.78, 5) is 0.107. The van der Waals surface area contributed by atoms with Gasteiger partial charge in [-0.15, -0.1) is 4.72 Å². The topological polar surface area (TPSA) is 89.8 Å². The van der Waals surface area contributed by atoms with Crippen molar-refractivity contribution in [1.82, 2.24) is 4.72 Å². The quantitative estimate of drug-likeness (QED) is 0.636. The smallest absolute Gasteiger partial charge is 0.323 e. The maximum Gasteiger partial charge on any atom is 0.323 e. The molecule has 0 aliphatic rings. The fraction of sp³-hybridized carbons (Fsp3) is 0.250. The Bertz CT molecular complexity index is 710. The number of hydrogen-bond donors (Lipinski definition) is 4. The van der Waals surface area contributed by atoms with Gasteiger partial charge >= 0.3 is 10.4 Å². The summed E-state index contributed by atoms with van der Waals surface area (Å²) < 4.78 is 24.7. The molecule has 2 aromatic rings. The number of aryl methyl sites for hydroxylation is 1. The molecule has 0 heterocycles. The molecule has 0 saturated carbocycles. The first kappa shape index (κ1) is 16.5. The van der Waals surface area contributed by atoms with Crippen LogP contribution in [0.3, 0.4) is 0 Å². The lowest BCUT2D eigenvalue weighted by atomic mass is 9.99. The van der Waals surface area contributed by atoms with Gasteiger partial charge in [-0.1, -0.05) is 19.1 Å². The first-order chi connectivity index (χ1) is 10.4. The first-order valence-corrected chi connectivity index (χ1v) is 8.51. The van der Waals surface area contributed by atoms with Crippen LogP contribution in [0.1, 0.15) is 18.9 Å². The van der Waals surface area contributed by atoms with Crippen molar-refractivity contribution < 1.29 is 19.0 Å². The Kier molecular flexibility index (Phi) is 4.85. The van der Waals surface area contributed by atoms with E-state index >= 15 is 0 Å². The summed E-state index contributed by atoms with van der Waals surface area (Å²) in [6.07, 6.45) is 0.721. The number of benzene rings is 2. The highest BCUT2D eigenvalue weighted by molar-refractivity contribution is 7.95. The molecule has 2 rings (SSSR count). The Balaban J connectivity index is 2.45. The number of nitrogens with one attached hydrogen (secondary N) is 1. The maximum atomic E-state index is 12.2. The summed E-state index contributed by atoms with van der Waals surface area (Å²) in [6, 6.07) is 9.34. The Morgan fingerprint density at radius 2 is 1.86 bits per heavy atom. The molecule has 0 aromatic heterocycles. The van der Waals surface area contributed by atoms with Crippen LogP contribution >= 0.6 is 0 Å². The second-order valence-electron chi connectivity index (χ2n) is 5.07. The molecule has 0 spiro atoms. The van der Waals surface area contributed by atoms with Crippen molar-refractivity contribution in [3.63, 3.8) is 0 Å². The minimum atomic E-state index is -3.39. The predicted molar refractivity (Wildman–Crippen MR) is 87.2 cm³/mol. The van der Waals surface area contributed by atoms with Gasteiger partial charge in [-0.25, -0.2) is 0 Å². The van der Waals surface area contributed by atoms with Crippen LogP contribution in [0.5, 0.6) is 11.5 Å². The predicted octanol–water partition coefficient (Wildman–Crippen LogP) is 3.32. The zero-order valence-electron chi connectivity index (χ0n) is 12.5. The van der Waals surface area contributed by atoms with Gasteiger partial charge in [-0.3, -0.25) is 0 Å². The molecule has 0 saturated heterocycles. The van der Waals surface area contributed by atoms with Gasteiger partial charge < -0.3 is 10.2 Å². The molecule has 4 N–H and O–H groups in total. The molecule has 2 aromatic carbocycles. The van der Waals surface area contributed by atoms with Crippen LogP contribution in [-0.4, -0.2) is 21.3 Å². The minimum absolute atomic E-state index is 0.0527. The van der Waals surface area contributed by atoms with Crippen LogP contribution in [0, 0.1) is 6.92 Å². The second-order valence-corrected chi connectivity index (χ2v) is 6.88. The lowest BCUT2D eigenvalue weighted by molar-refractivity contribution is 0.464. The molecule has 1 unspecified atom stereocenters. The Morgan fingerprint density at radius 3 is 2.45 bits per heavy atom. The molecule has 0 aliphatic heterocycles. The molecule has 0 radical (unpaired) electrons. The van der Waals surface area contributed by atoms with E-state index in [-0.39, 0.29) is 16.4 Å². The van der Waals surface area contributed by atoms with Crippen molar-refractivity contribution in [2.24, 2.45) is 0 Å². The fourth-order valence-electron chi connectivity index (χ4n) is 2.22. The second kappa shape index (κ2) is 6.48. The highest BCUT2D eigenvalue weighted by Crippen LogP contribution is 2.38. The van der Waals surface area contributed by atoms with Crippen LogP contribution in [0.25, 0.3) is 11.1 Å². The highest BCUT2D eigenvalue weighted by atomic mass is 32.3. The maximum absolute atomic E-state index is 12.2. The van der Waals surface area contributed by atoms with Crippen molar-refractivity contribution in [2.75, 3.05) is 6.54 Å². The minimum Gasteiger partial charge on any atom is -0.507 e. The third-order valence-electron chi connectivity index (χ3n) is 3.36. The van der Waals surface area contributed by atoms with Gasteiger partial charge in [0.05, 0.1) is 0 Å². The monoisotopic (exact) mass is 322 g/mol. The Morgan fingerprint density at radius 1 is 1.14 bits per heavy atom. The van der Waals surface area contributed by atoms with Gasteiger partial charge in [0.1, 0.15) is 11.5 Å². The number of phenolic OH excluding ortho intramolecular Hbond substituents is 2. The molecular formula is C16H20NO4S+. The van der Waals surface area contributed by atoms with Crippen LogP contribution in [0.4, 0.5) is 0 Å². The van der Waals surface area contributed by atoms with Gasteiger partial charge in [0.2, 0.25) is 4.90 Å². The number of phenols is 2. The SMILES string of the molecule is CCCN[S+](=O)(O)c1ccc(-c2c(C)cccc2O)c(O)c1. The van der Waals surface area contributed by atoms with Gasteiger partial charge in [0.15, 0.2) is 0 Å². The average Bonchev–Trinajstić information content (AvgIpc) is 2.46. The largest absolute Gasteiger partial charge is 0.507 e. The van der Waals surface area contributed by atoms with E-state index in [0.29, 0.717) is 17.7 Å². The van der Waals surface area contributed by atoms with E-state index in [1.165, 1.54) is 24.3 Å². The third-order valence-corrected chi connectivity index (χ3v) is 4.84. The number of aromatic hydroxyl groups is 2. The van der Waals surface area contributed by atoms with E-state index < -0.39 is 10.4 Å². The van der Waals surface area contributed by atoms with Gasteiger partial charge in [-0.2, -0.15) is 4.55 Å². The van der Waals surface area contributed by atoms with E-state index in [4.69, 9.17) is 0 Å². The molecule has 6 heteroatoms. The molecule has 5 nitrogen and oxygen atoms in total. The summed E-state index contributed by atoms with van der Waals surface area (Å²) in [5, 5.41) is 20.2. The van der Waals surface area contributed by atoms with E-state index in [1.54, 1.807) is 6.07 Å². The van der Waals surface area contributed by atoms with Crippen molar-refractivity contribution >= 4 is 10.4 Å². The third kappa shape index (κ3) is 3.30. The zero-order chi connectivity index (χ0) is 16.3. The van der Waals surface area contributed by atoms with Crippen molar-refractivity contribution in [2.45, 2.75) is 25.2 Å². The Hall–Kier alpha value is -1.89. The average molecular weight is 322 g/mol. The van der Waals surface area contributed by atoms with Gasteiger partial charge in [0, 0.05) is 23.7 Å². The fourth-order valence-corrected chi connectivity index (χ4v) is 3.39. The molecule has 0 amide bonds. The van der Waals surface area contributed by atoms with Crippen molar-refractivity contribution in [1.29, 1.82) is 0 Å². The van der Waals surface area contributed by atoms with Crippen LogP contribution in [0.2, 0.25) is 0 Å². The summed E-state index contributed by atoms with van der Waals surface area (Å²) in [5.41, 5.74) is 1.74. The molecule has 1 atom stereocenters. The van der Waals surface area contributed by atoms with E-state index in [0.717, 1.165) is 12.0 Å². The van der Waals surface area contributed by atoms with Gasteiger partial charge in [-0.05, 0) is 41.3 Å². The normalized spacial score (nSPS) is 13.8. The molecule has 0 fully saturated rings. The number of hydrogen-bond acceptors (Lipinski definition) is 3. The molecular weight excluding hydrogens is 302 g/mol. The van der Waals surface area contributed by atoms with Gasteiger partial charge in [0.25, 0.3) is 0 Å². The van der Waals surface area contributed by atoms with E-state index in [1.807, 2.05) is 19.9 Å². The molecule has 118 valence electrons. The number of rotatable bonds is 5. The molecule has 0 aliphatic carbocycles. The molecule has 0 bridgehead atoms. The van der Waals surface area contributed by atoms with Crippen molar-refractivity contribution in [3.8, 4) is 22.6 Å². The summed E-state index contributed by atoms with van der Waals surface area (Å²) in [5.74, 6) is -0.0981. The standard InChI is InChI=1S/C16H19NO4S/c1-3-9-17-22(20,21)12-7-8-13(15(19)10-12)16-11(2)5-4-6-14(16)18/h4-8,10H,3,9H2,1-2H3,(H3-,17,18,19,20,21)/p+1.